The van der Waals surface area contributed by atoms with Gasteiger partial charge in [0.2, 0.25) is 0 Å². The molecule has 53 heavy (non-hydrogen) atoms. The molecule has 0 saturated heterocycles. The summed E-state index contributed by atoms with van der Waals surface area (Å²) < 4.78 is 2.51. The number of benzene rings is 4. The van der Waals surface area contributed by atoms with Crippen molar-refractivity contribution < 1.29 is 0 Å². The van der Waals surface area contributed by atoms with Crippen LogP contribution in [-0.4, -0.2) is 4.57 Å². The van der Waals surface area contributed by atoms with E-state index in [4.69, 9.17) is 0 Å². The van der Waals surface area contributed by atoms with Gasteiger partial charge in [0.15, 0.2) is 0 Å². The van der Waals surface area contributed by atoms with Crippen molar-refractivity contribution in [2.45, 2.75) is 181 Å². The number of aromatic nitrogens is 1. The van der Waals surface area contributed by atoms with Gasteiger partial charge in [-0.2, -0.15) is 0 Å². The average molecular weight is 710 g/mol. The van der Waals surface area contributed by atoms with Gasteiger partial charge in [-0.15, -0.1) is 0 Å². The molecule has 1 aliphatic carbocycles. The molecule has 0 bridgehead atoms. The third-order valence-electron chi connectivity index (χ3n) is 13.3. The molecule has 0 aliphatic heterocycles. The Morgan fingerprint density at radius 2 is 0.981 bits per heavy atom. The molecule has 0 spiro atoms. The number of nitrogens with zero attached hydrogens (tertiary/aromatic N) is 1. The monoisotopic (exact) mass is 710 g/mol. The van der Waals surface area contributed by atoms with Crippen molar-refractivity contribution in [2.24, 2.45) is 0 Å². The van der Waals surface area contributed by atoms with E-state index in [9.17, 15) is 0 Å². The van der Waals surface area contributed by atoms with Gasteiger partial charge in [0, 0.05) is 33.8 Å². The van der Waals surface area contributed by atoms with Gasteiger partial charge in [-0.05, 0) is 112 Å². The second kappa shape index (κ2) is 16.6. The van der Waals surface area contributed by atoms with Gasteiger partial charge < -0.3 is 4.57 Å². The average Bonchev–Trinajstić information content (AvgIpc) is 3.62. The minimum Gasteiger partial charge on any atom is -0.341 e. The fourth-order valence-corrected chi connectivity index (χ4v) is 9.47. The minimum atomic E-state index is 0.0699. The van der Waals surface area contributed by atoms with Crippen molar-refractivity contribution in [3.05, 3.63) is 95.1 Å². The Hall–Kier alpha value is -3.32. The molecular formula is C52H71N. The van der Waals surface area contributed by atoms with Gasteiger partial charge in [0.25, 0.3) is 0 Å². The van der Waals surface area contributed by atoms with Crippen LogP contribution in [0.15, 0.2) is 72.8 Å². The van der Waals surface area contributed by atoms with Crippen LogP contribution in [0.25, 0.3) is 44.1 Å². The number of unbranched alkanes of at least 4 members (excludes halogenated alkanes) is 10. The van der Waals surface area contributed by atoms with Crippen LogP contribution in [-0.2, 0) is 22.8 Å². The van der Waals surface area contributed by atoms with Crippen molar-refractivity contribution in [3.8, 4) is 22.3 Å². The van der Waals surface area contributed by atoms with E-state index in [0.717, 1.165) is 13.0 Å². The Kier molecular flexibility index (Phi) is 12.3. The highest BCUT2D eigenvalue weighted by Crippen LogP contribution is 2.56. The summed E-state index contributed by atoms with van der Waals surface area (Å²) in [5.74, 6) is 0. The van der Waals surface area contributed by atoms with Gasteiger partial charge in [-0.3, -0.25) is 0 Å². The lowest BCUT2D eigenvalue weighted by atomic mass is 9.69. The highest BCUT2D eigenvalue weighted by atomic mass is 15.0. The molecule has 284 valence electrons. The summed E-state index contributed by atoms with van der Waals surface area (Å²) in [5.41, 5.74) is 14.9. The standard InChI is InChI=1S/C52H71N/c1-10-14-16-18-20-22-32-52(33-23-21-19-17-15-11-2)46-35-39(24-28-42(46)43-29-26-40(37-47(43)52)50(5,6)7)38-25-30-48-44(34-38)45-36-41(51(8,9)12-3)27-31-49(45)53(48)13-4/h24-31,34-37H,10-23,32-33H2,1-9H3. The van der Waals surface area contributed by atoms with Crippen LogP contribution in [0.3, 0.4) is 0 Å². The quantitative estimate of drug-likeness (QED) is 0.0798. The number of hydrogen-bond acceptors (Lipinski definition) is 0. The summed E-state index contributed by atoms with van der Waals surface area (Å²) in [4.78, 5) is 0. The maximum absolute atomic E-state index is 2.64. The molecule has 1 heterocycles. The van der Waals surface area contributed by atoms with Crippen LogP contribution in [0, 0.1) is 0 Å². The first-order valence-corrected chi connectivity index (χ1v) is 21.9. The van der Waals surface area contributed by atoms with Gasteiger partial charge in [0.1, 0.15) is 0 Å². The first-order chi connectivity index (χ1) is 25.5. The summed E-state index contributed by atoms with van der Waals surface area (Å²) in [6, 6.07) is 29.7. The van der Waals surface area contributed by atoms with E-state index in [1.807, 2.05) is 0 Å². The zero-order valence-electron chi connectivity index (χ0n) is 35.2. The normalized spacial score (nSPS) is 14.0. The molecular weight excluding hydrogens is 639 g/mol. The molecule has 0 amide bonds. The van der Waals surface area contributed by atoms with E-state index >= 15 is 0 Å². The zero-order chi connectivity index (χ0) is 37.8. The Bertz CT molecular complexity index is 1980. The Morgan fingerprint density at radius 1 is 0.491 bits per heavy atom. The largest absolute Gasteiger partial charge is 0.341 e. The molecule has 6 rings (SSSR count). The van der Waals surface area contributed by atoms with E-state index in [1.165, 1.54) is 145 Å². The summed E-state index contributed by atoms with van der Waals surface area (Å²) in [6.45, 7) is 22.2. The van der Waals surface area contributed by atoms with E-state index in [2.05, 4.69) is 140 Å². The van der Waals surface area contributed by atoms with Gasteiger partial charge in [0.05, 0.1) is 0 Å². The van der Waals surface area contributed by atoms with Gasteiger partial charge in [-0.25, -0.2) is 0 Å². The Labute approximate surface area is 324 Å². The van der Waals surface area contributed by atoms with Crippen molar-refractivity contribution in [1.82, 2.24) is 4.57 Å². The second-order valence-corrected chi connectivity index (χ2v) is 18.3. The summed E-state index contributed by atoms with van der Waals surface area (Å²) in [5, 5.41) is 2.78. The first kappa shape index (κ1) is 39.4. The predicted molar refractivity (Wildman–Crippen MR) is 235 cm³/mol. The maximum Gasteiger partial charge on any atom is 0.0491 e. The number of fused-ring (bicyclic) bond motifs is 6. The summed E-state index contributed by atoms with van der Waals surface area (Å²) in [6.07, 6.45) is 19.8. The van der Waals surface area contributed by atoms with Crippen LogP contribution < -0.4 is 0 Å². The molecule has 0 unspecified atom stereocenters. The minimum absolute atomic E-state index is 0.0699. The third-order valence-corrected chi connectivity index (χ3v) is 13.3. The van der Waals surface area contributed by atoms with Crippen molar-refractivity contribution >= 4 is 21.8 Å². The molecule has 0 N–H and O–H groups in total. The van der Waals surface area contributed by atoms with Crippen LogP contribution in [0.4, 0.5) is 0 Å². The Balaban J connectivity index is 1.47. The molecule has 5 aromatic rings. The highest BCUT2D eigenvalue weighted by molar-refractivity contribution is 6.09. The molecule has 0 saturated carbocycles. The fourth-order valence-electron chi connectivity index (χ4n) is 9.47. The van der Waals surface area contributed by atoms with Crippen molar-refractivity contribution in [2.75, 3.05) is 0 Å². The van der Waals surface area contributed by atoms with Crippen LogP contribution >= 0.6 is 0 Å². The third kappa shape index (κ3) is 7.93. The molecule has 0 fully saturated rings. The summed E-state index contributed by atoms with van der Waals surface area (Å²) >= 11 is 0. The highest BCUT2D eigenvalue weighted by Gasteiger charge is 2.43. The molecule has 4 aromatic carbocycles. The SMILES string of the molecule is CCCCCCCCC1(CCCCCCCC)c2cc(-c3ccc4c(c3)c3cc(C(C)(C)CC)ccc3n4CC)ccc2-c2ccc(C(C)(C)C)cc21. The first-order valence-electron chi connectivity index (χ1n) is 21.9. The van der Waals surface area contributed by atoms with Crippen LogP contribution in [0.1, 0.15) is 181 Å². The van der Waals surface area contributed by atoms with E-state index in [-0.39, 0.29) is 16.2 Å². The Morgan fingerprint density at radius 3 is 1.57 bits per heavy atom. The van der Waals surface area contributed by atoms with E-state index in [0.29, 0.717) is 0 Å². The van der Waals surface area contributed by atoms with Crippen molar-refractivity contribution in [1.29, 1.82) is 0 Å². The molecule has 0 radical (unpaired) electrons. The van der Waals surface area contributed by atoms with E-state index < -0.39 is 0 Å². The lowest BCUT2D eigenvalue weighted by Gasteiger charge is -2.34. The van der Waals surface area contributed by atoms with Gasteiger partial charge >= 0.3 is 0 Å². The molecule has 1 heteroatoms. The molecule has 1 aromatic heterocycles. The second-order valence-electron chi connectivity index (χ2n) is 18.3. The van der Waals surface area contributed by atoms with Crippen molar-refractivity contribution in [3.63, 3.8) is 0 Å². The fraction of sp³-hybridized carbons (Fsp3) is 0.538. The number of rotatable bonds is 18. The molecule has 1 nitrogen and oxygen atoms in total. The van der Waals surface area contributed by atoms with Crippen LogP contribution in [0.5, 0.6) is 0 Å². The predicted octanol–water partition coefficient (Wildman–Crippen LogP) is 16.2. The summed E-state index contributed by atoms with van der Waals surface area (Å²) in [7, 11) is 0. The lowest BCUT2D eigenvalue weighted by molar-refractivity contribution is 0.397. The maximum atomic E-state index is 2.64. The molecule has 1 aliphatic rings. The number of aryl methyl sites for hydroxylation is 1. The van der Waals surface area contributed by atoms with Crippen LogP contribution in [0.2, 0.25) is 0 Å². The topological polar surface area (TPSA) is 4.93 Å². The molecule has 0 atom stereocenters. The number of hydrogen-bond donors (Lipinski definition) is 0. The smallest absolute Gasteiger partial charge is 0.0491 e. The zero-order valence-corrected chi connectivity index (χ0v) is 35.2. The lowest BCUT2D eigenvalue weighted by Crippen LogP contribution is -2.26. The van der Waals surface area contributed by atoms with Gasteiger partial charge in [-0.1, -0.05) is 175 Å². The van der Waals surface area contributed by atoms with E-state index in [1.54, 1.807) is 11.1 Å².